The predicted molar refractivity (Wildman–Crippen MR) is 81.0 cm³/mol. The van der Waals surface area contributed by atoms with E-state index in [0.717, 1.165) is 6.42 Å². The topological polar surface area (TPSA) is 58.2 Å². The van der Waals surface area contributed by atoms with Gasteiger partial charge < -0.3 is 5.32 Å². The molecule has 118 valence electrons. The normalized spacial score (nSPS) is 21.5. The highest BCUT2D eigenvalue weighted by molar-refractivity contribution is 7.89. The second-order valence-electron chi connectivity index (χ2n) is 5.82. The summed E-state index contributed by atoms with van der Waals surface area (Å²) in [6.07, 6.45) is 1.07. The SMILES string of the molecule is CCNCc1cc(S(=O)(=O)NCC2CC2C)cc(C)c1F. The number of hydrogen-bond donors (Lipinski definition) is 2. The van der Waals surface area contributed by atoms with Crippen LogP contribution in [0.15, 0.2) is 17.0 Å². The third-order valence-electron chi connectivity index (χ3n) is 3.99. The van der Waals surface area contributed by atoms with E-state index in [9.17, 15) is 12.8 Å². The van der Waals surface area contributed by atoms with Gasteiger partial charge in [-0.1, -0.05) is 13.8 Å². The first-order chi connectivity index (χ1) is 9.85. The maximum absolute atomic E-state index is 14.0. The van der Waals surface area contributed by atoms with Crippen LogP contribution in [0.5, 0.6) is 0 Å². The summed E-state index contributed by atoms with van der Waals surface area (Å²) in [5, 5.41) is 3.02. The molecule has 0 saturated heterocycles. The number of sulfonamides is 1. The molecule has 6 heteroatoms. The molecule has 21 heavy (non-hydrogen) atoms. The highest BCUT2D eigenvalue weighted by Crippen LogP contribution is 2.37. The Hall–Kier alpha value is -0.980. The van der Waals surface area contributed by atoms with Crippen LogP contribution in [-0.4, -0.2) is 21.5 Å². The van der Waals surface area contributed by atoms with Crippen molar-refractivity contribution in [2.45, 2.75) is 38.6 Å². The lowest BCUT2D eigenvalue weighted by Crippen LogP contribution is -2.26. The molecule has 1 saturated carbocycles. The molecule has 1 aromatic carbocycles. The summed E-state index contributed by atoms with van der Waals surface area (Å²) in [7, 11) is -3.57. The maximum atomic E-state index is 14.0. The number of aryl methyl sites for hydroxylation is 1. The zero-order valence-electron chi connectivity index (χ0n) is 12.7. The highest BCUT2D eigenvalue weighted by Gasteiger charge is 2.33. The molecule has 0 heterocycles. The van der Waals surface area contributed by atoms with E-state index in [2.05, 4.69) is 17.0 Å². The molecule has 0 bridgehead atoms. The van der Waals surface area contributed by atoms with Crippen molar-refractivity contribution >= 4 is 10.0 Å². The van der Waals surface area contributed by atoms with Crippen molar-refractivity contribution < 1.29 is 12.8 Å². The minimum absolute atomic E-state index is 0.141. The lowest BCUT2D eigenvalue weighted by molar-refractivity contribution is 0.568. The van der Waals surface area contributed by atoms with Gasteiger partial charge in [0.15, 0.2) is 0 Å². The molecule has 0 amide bonds. The van der Waals surface area contributed by atoms with Gasteiger partial charge in [-0.25, -0.2) is 17.5 Å². The lowest BCUT2D eigenvalue weighted by atomic mass is 10.1. The van der Waals surface area contributed by atoms with Gasteiger partial charge in [-0.3, -0.25) is 0 Å². The van der Waals surface area contributed by atoms with Crippen molar-refractivity contribution in [2.24, 2.45) is 11.8 Å². The van der Waals surface area contributed by atoms with Gasteiger partial charge in [0.1, 0.15) is 5.82 Å². The van der Waals surface area contributed by atoms with E-state index in [4.69, 9.17) is 0 Å². The first kappa shape index (κ1) is 16.4. The average molecular weight is 314 g/mol. The fraction of sp³-hybridized carbons (Fsp3) is 0.600. The van der Waals surface area contributed by atoms with Crippen molar-refractivity contribution in [3.8, 4) is 0 Å². The smallest absolute Gasteiger partial charge is 0.240 e. The van der Waals surface area contributed by atoms with Crippen LogP contribution < -0.4 is 10.0 Å². The molecular formula is C15H23FN2O2S. The van der Waals surface area contributed by atoms with Crippen molar-refractivity contribution in [2.75, 3.05) is 13.1 Å². The first-order valence-corrected chi connectivity index (χ1v) is 8.83. The molecule has 1 aromatic rings. The Morgan fingerprint density at radius 3 is 2.62 bits per heavy atom. The minimum atomic E-state index is -3.57. The molecule has 1 fully saturated rings. The van der Waals surface area contributed by atoms with E-state index in [1.807, 2.05) is 6.92 Å². The van der Waals surface area contributed by atoms with E-state index in [-0.39, 0.29) is 10.7 Å². The Balaban J connectivity index is 2.19. The second kappa shape index (κ2) is 6.42. The van der Waals surface area contributed by atoms with E-state index in [1.54, 1.807) is 6.92 Å². The molecule has 4 nitrogen and oxygen atoms in total. The fourth-order valence-electron chi connectivity index (χ4n) is 2.33. The van der Waals surface area contributed by atoms with Crippen molar-refractivity contribution in [3.63, 3.8) is 0 Å². The van der Waals surface area contributed by atoms with Crippen LogP contribution in [0.2, 0.25) is 0 Å². The Labute approximate surface area is 126 Å². The molecular weight excluding hydrogens is 291 g/mol. The molecule has 1 aliphatic rings. The molecule has 2 rings (SSSR count). The minimum Gasteiger partial charge on any atom is -0.313 e. The van der Waals surface area contributed by atoms with Gasteiger partial charge in [0.25, 0.3) is 0 Å². The summed E-state index contributed by atoms with van der Waals surface area (Å²) in [6.45, 7) is 7.11. The number of halogens is 1. The van der Waals surface area contributed by atoms with Gasteiger partial charge in [0, 0.05) is 18.7 Å². The van der Waals surface area contributed by atoms with Crippen LogP contribution in [0.1, 0.15) is 31.4 Å². The Bertz CT molecular complexity index is 616. The van der Waals surface area contributed by atoms with Crippen LogP contribution in [0.3, 0.4) is 0 Å². The zero-order chi connectivity index (χ0) is 15.6. The first-order valence-electron chi connectivity index (χ1n) is 7.34. The van der Waals surface area contributed by atoms with Gasteiger partial charge in [-0.2, -0.15) is 0 Å². The number of hydrogen-bond acceptors (Lipinski definition) is 3. The fourth-order valence-corrected chi connectivity index (χ4v) is 3.56. The van der Waals surface area contributed by atoms with E-state index < -0.39 is 10.0 Å². The molecule has 2 unspecified atom stereocenters. The molecule has 2 N–H and O–H groups in total. The highest BCUT2D eigenvalue weighted by atomic mass is 32.2. The number of benzene rings is 1. The number of rotatable bonds is 7. The van der Waals surface area contributed by atoms with Crippen LogP contribution in [0.25, 0.3) is 0 Å². The van der Waals surface area contributed by atoms with Crippen LogP contribution in [0.4, 0.5) is 4.39 Å². The van der Waals surface area contributed by atoms with Crippen LogP contribution in [-0.2, 0) is 16.6 Å². The molecule has 2 atom stereocenters. The Morgan fingerprint density at radius 1 is 1.38 bits per heavy atom. The van der Waals surface area contributed by atoms with Gasteiger partial charge in [-0.05, 0) is 49.4 Å². The van der Waals surface area contributed by atoms with Gasteiger partial charge >= 0.3 is 0 Å². The van der Waals surface area contributed by atoms with E-state index in [0.29, 0.717) is 42.6 Å². The lowest BCUT2D eigenvalue weighted by Gasteiger charge is -2.11. The Kier molecular flexibility index (Phi) is 5.01. The predicted octanol–water partition coefficient (Wildman–Crippen LogP) is 2.18. The summed E-state index contributed by atoms with van der Waals surface area (Å²) < 4.78 is 41.3. The standard InChI is InChI=1S/C15H23FN2O2S/c1-4-17-8-13-7-14(6-11(3)15(13)16)21(19,20)18-9-12-5-10(12)2/h6-7,10,12,17-18H,4-5,8-9H2,1-3H3. The van der Waals surface area contributed by atoms with Crippen LogP contribution >= 0.6 is 0 Å². The summed E-state index contributed by atoms with van der Waals surface area (Å²) in [4.78, 5) is 0.141. The molecule has 0 aromatic heterocycles. The van der Waals surface area contributed by atoms with E-state index >= 15 is 0 Å². The summed E-state index contributed by atoms with van der Waals surface area (Å²) in [6, 6.07) is 2.81. The quantitative estimate of drug-likeness (QED) is 0.811. The maximum Gasteiger partial charge on any atom is 0.240 e. The number of nitrogens with one attached hydrogen (secondary N) is 2. The van der Waals surface area contributed by atoms with Crippen molar-refractivity contribution in [1.29, 1.82) is 0 Å². The summed E-state index contributed by atoms with van der Waals surface area (Å²) in [5.74, 6) is 0.681. The monoisotopic (exact) mass is 314 g/mol. The molecule has 0 radical (unpaired) electrons. The summed E-state index contributed by atoms with van der Waals surface area (Å²) in [5.41, 5.74) is 0.739. The van der Waals surface area contributed by atoms with Crippen LogP contribution in [0, 0.1) is 24.6 Å². The van der Waals surface area contributed by atoms with Gasteiger partial charge in [0.2, 0.25) is 10.0 Å². The third-order valence-corrected chi connectivity index (χ3v) is 5.39. The molecule has 1 aliphatic carbocycles. The van der Waals surface area contributed by atoms with Gasteiger partial charge in [-0.15, -0.1) is 0 Å². The molecule has 0 aliphatic heterocycles. The molecule has 0 spiro atoms. The van der Waals surface area contributed by atoms with E-state index in [1.165, 1.54) is 12.1 Å². The largest absolute Gasteiger partial charge is 0.313 e. The average Bonchev–Trinajstić information content (AvgIpc) is 3.14. The Morgan fingerprint density at radius 2 is 2.05 bits per heavy atom. The summed E-state index contributed by atoms with van der Waals surface area (Å²) >= 11 is 0. The van der Waals surface area contributed by atoms with Crippen molar-refractivity contribution in [1.82, 2.24) is 10.0 Å². The second-order valence-corrected chi connectivity index (χ2v) is 7.59. The van der Waals surface area contributed by atoms with Crippen molar-refractivity contribution in [3.05, 3.63) is 29.1 Å². The zero-order valence-corrected chi connectivity index (χ0v) is 13.6. The van der Waals surface area contributed by atoms with Gasteiger partial charge in [0.05, 0.1) is 4.90 Å². The third kappa shape index (κ3) is 4.02.